The first-order chi connectivity index (χ1) is 32.5. The second-order valence-electron chi connectivity index (χ2n) is 17.0. The van der Waals surface area contributed by atoms with Crippen molar-refractivity contribution in [1.82, 2.24) is 0 Å². The highest BCUT2D eigenvalue weighted by molar-refractivity contribution is 5.71. The fourth-order valence-corrected chi connectivity index (χ4v) is 6.81. The standard InChI is InChI=1S/C60H96O6/c1-4-7-10-13-16-19-22-25-26-27-28-29-30-31-32-33-34-36-38-41-44-47-50-53-59(62)65-56-57(55-64-58(61)52-49-46-43-40-37-24-21-18-15-12-9-6-3)66-60(63)54-51-48-45-42-39-35-23-20-17-14-11-8-5-2/h7-8,10-11,16-17,19-20,25-26,28-29,31-32,34-36,39,45,48,57H,4-6,9,12-15,18,21-24,27,30,33,37-38,40-44,46-47,49-56H2,1-3H3/b10-7-,11-8-,19-16-,20-17-,26-25-,29-28-,32-31-,36-34-,39-35-,48-45-. The lowest BCUT2D eigenvalue weighted by atomic mass is 10.0. The zero-order valence-corrected chi connectivity index (χ0v) is 42.4. The van der Waals surface area contributed by atoms with Crippen LogP contribution >= 0.6 is 0 Å². The average molecular weight is 913 g/mol. The van der Waals surface area contributed by atoms with Crippen LogP contribution < -0.4 is 0 Å². The van der Waals surface area contributed by atoms with Gasteiger partial charge in [0.1, 0.15) is 13.2 Å². The van der Waals surface area contributed by atoms with E-state index in [2.05, 4.69) is 130 Å². The molecule has 0 aliphatic heterocycles. The van der Waals surface area contributed by atoms with Crippen molar-refractivity contribution in [3.05, 3.63) is 122 Å². The topological polar surface area (TPSA) is 78.9 Å². The smallest absolute Gasteiger partial charge is 0.306 e. The monoisotopic (exact) mass is 913 g/mol. The van der Waals surface area contributed by atoms with Gasteiger partial charge < -0.3 is 14.2 Å². The van der Waals surface area contributed by atoms with Gasteiger partial charge in [0, 0.05) is 19.3 Å². The van der Waals surface area contributed by atoms with Crippen LogP contribution in [0.15, 0.2) is 122 Å². The summed E-state index contributed by atoms with van der Waals surface area (Å²) in [6.07, 6.45) is 73.4. The highest BCUT2D eigenvalue weighted by atomic mass is 16.6. The van der Waals surface area contributed by atoms with Crippen molar-refractivity contribution in [2.75, 3.05) is 13.2 Å². The minimum Gasteiger partial charge on any atom is -0.462 e. The Morgan fingerprint density at radius 3 is 0.985 bits per heavy atom. The van der Waals surface area contributed by atoms with Crippen LogP contribution in [0.5, 0.6) is 0 Å². The summed E-state index contributed by atoms with van der Waals surface area (Å²) in [6, 6.07) is 0. The summed E-state index contributed by atoms with van der Waals surface area (Å²) in [5.41, 5.74) is 0. The van der Waals surface area contributed by atoms with Gasteiger partial charge in [-0.1, -0.05) is 226 Å². The Kier molecular flexibility index (Phi) is 50.0. The Morgan fingerprint density at radius 2 is 0.621 bits per heavy atom. The zero-order chi connectivity index (χ0) is 47.9. The number of rotatable bonds is 46. The molecule has 0 aromatic rings. The number of hydrogen-bond donors (Lipinski definition) is 0. The summed E-state index contributed by atoms with van der Waals surface area (Å²) in [5, 5.41) is 0. The molecule has 0 radical (unpaired) electrons. The highest BCUT2D eigenvalue weighted by Gasteiger charge is 2.19. The molecule has 1 unspecified atom stereocenters. The molecule has 0 heterocycles. The van der Waals surface area contributed by atoms with E-state index < -0.39 is 12.1 Å². The number of allylic oxidation sites excluding steroid dienone is 20. The summed E-state index contributed by atoms with van der Waals surface area (Å²) >= 11 is 0. The number of unbranched alkanes of at least 4 members (excludes halogenated alkanes) is 15. The Morgan fingerprint density at radius 1 is 0.318 bits per heavy atom. The van der Waals surface area contributed by atoms with Crippen LogP contribution in [0.2, 0.25) is 0 Å². The van der Waals surface area contributed by atoms with E-state index in [1.54, 1.807) is 0 Å². The van der Waals surface area contributed by atoms with Gasteiger partial charge in [0.25, 0.3) is 0 Å². The SMILES string of the molecule is CC/C=C\C/C=C\C/C=C\C/C=C\C/C=C\C/C=C\CCCCCCC(=O)OCC(COC(=O)CCCCCCCCCCCCCC)OC(=O)CC/C=C\C/C=C\C/C=C\C/C=C\CC. The number of ether oxygens (including phenoxy) is 3. The van der Waals surface area contributed by atoms with Crippen molar-refractivity contribution in [2.24, 2.45) is 0 Å². The normalized spacial score (nSPS) is 13.1. The van der Waals surface area contributed by atoms with E-state index in [0.717, 1.165) is 116 Å². The van der Waals surface area contributed by atoms with Crippen molar-refractivity contribution >= 4 is 17.9 Å². The molecular weight excluding hydrogens is 817 g/mol. The van der Waals surface area contributed by atoms with Gasteiger partial charge in [-0.05, 0) is 96.3 Å². The predicted molar refractivity (Wildman–Crippen MR) is 283 cm³/mol. The minimum absolute atomic E-state index is 0.116. The molecule has 6 nitrogen and oxygen atoms in total. The summed E-state index contributed by atoms with van der Waals surface area (Å²) in [7, 11) is 0. The van der Waals surface area contributed by atoms with Crippen LogP contribution in [0.1, 0.15) is 220 Å². The molecule has 0 saturated heterocycles. The van der Waals surface area contributed by atoms with E-state index in [9.17, 15) is 14.4 Å². The average Bonchev–Trinajstić information content (AvgIpc) is 3.31. The molecule has 0 bridgehead atoms. The van der Waals surface area contributed by atoms with Gasteiger partial charge in [-0.2, -0.15) is 0 Å². The highest BCUT2D eigenvalue weighted by Crippen LogP contribution is 2.14. The van der Waals surface area contributed by atoms with Crippen LogP contribution in [0.3, 0.4) is 0 Å². The van der Waals surface area contributed by atoms with E-state index in [1.807, 2.05) is 12.2 Å². The molecule has 0 fully saturated rings. The van der Waals surface area contributed by atoms with Crippen LogP contribution in [0, 0.1) is 0 Å². The van der Waals surface area contributed by atoms with Gasteiger partial charge in [0.15, 0.2) is 6.10 Å². The lowest BCUT2D eigenvalue weighted by Gasteiger charge is -2.18. The van der Waals surface area contributed by atoms with E-state index >= 15 is 0 Å². The zero-order valence-electron chi connectivity index (χ0n) is 42.4. The first-order valence-corrected chi connectivity index (χ1v) is 26.5. The third kappa shape index (κ3) is 50.8. The molecule has 0 spiro atoms. The van der Waals surface area contributed by atoms with Crippen molar-refractivity contribution in [1.29, 1.82) is 0 Å². The predicted octanol–water partition coefficient (Wildman–Crippen LogP) is 17.7. The first-order valence-electron chi connectivity index (χ1n) is 26.5. The maximum absolute atomic E-state index is 12.7. The molecule has 0 amide bonds. The van der Waals surface area contributed by atoms with E-state index in [4.69, 9.17) is 14.2 Å². The second kappa shape index (κ2) is 53.4. The van der Waals surface area contributed by atoms with Gasteiger partial charge >= 0.3 is 17.9 Å². The lowest BCUT2D eigenvalue weighted by Crippen LogP contribution is -2.30. The van der Waals surface area contributed by atoms with Gasteiger partial charge in [0.2, 0.25) is 0 Å². The largest absolute Gasteiger partial charge is 0.462 e. The molecule has 0 aliphatic rings. The van der Waals surface area contributed by atoms with Crippen LogP contribution in [-0.2, 0) is 28.6 Å². The first kappa shape index (κ1) is 61.8. The summed E-state index contributed by atoms with van der Waals surface area (Å²) < 4.78 is 16.7. The third-order valence-corrected chi connectivity index (χ3v) is 10.7. The molecular formula is C60H96O6. The fraction of sp³-hybridized carbons (Fsp3) is 0.617. The summed E-state index contributed by atoms with van der Waals surface area (Å²) in [4.78, 5) is 37.9. The molecule has 0 aromatic heterocycles. The van der Waals surface area contributed by atoms with Crippen LogP contribution in [-0.4, -0.2) is 37.2 Å². The van der Waals surface area contributed by atoms with Gasteiger partial charge in [-0.3, -0.25) is 14.4 Å². The van der Waals surface area contributed by atoms with E-state index in [1.165, 1.54) is 57.8 Å². The molecule has 0 saturated carbocycles. The fourth-order valence-electron chi connectivity index (χ4n) is 6.81. The molecule has 6 heteroatoms. The lowest BCUT2D eigenvalue weighted by molar-refractivity contribution is -0.166. The molecule has 1 atom stereocenters. The maximum atomic E-state index is 12.7. The summed E-state index contributed by atoms with van der Waals surface area (Å²) in [5.74, 6) is -1.03. The maximum Gasteiger partial charge on any atom is 0.306 e. The number of hydrogen-bond acceptors (Lipinski definition) is 6. The van der Waals surface area contributed by atoms with Gasteiger partial charge in [-0.15, -0.1) is 0 Å². The number of carbonyl (C=O) groups excluding carboxylic acids is 3. The Labute approximate surface area is 405 Å². The minimum atomic E-state index is -0.828. The molecule has 0 rings (SSSR count). The molecule has 372 valence electrons. The van der Waals surface area contributed by atoms with E-state index in [-0.39, 0.29) is 31.6 Å². The second-order valence-corrected chi connectivity index (χ2v) is 17.0. The molecule has 0 aromatic carbocycles. The van der Waals surface area contributed by atoms with Crippen LogP contribution in [0.25, 0.3) is 0 Å². The van der Waals surface area contributed by atoms with Crippen molar-refractivity contribution in [3.8, 4) is 0 Å². The van der Waals surface area contributed by atoms with Crippen LogP contribution in [0.4, 0.5) is 0 Å². The van der Waals surface area contributed by atoms with E-state index in [0.29, 0.717) is 19.3 Å². The molecule has 0 N–H and O–H groups in total. The molecule has 0 aliphatic carbocycles. The Hall–Kier alpha value is -4.19. The Bertz CT molecular complexity index is 1420. The number of carbonyl (C=O) groups is 3. The van der Waals surface area contributed by atoms with Crippen molar-refractivity contribution < 1.29 is 28.6 Å². The third-order valence-electron chi connectivity index (χ3n) is 10.7. The summed E-state index contributed by atoms with van der Waals surface area (Å²) in [6.45, 7) is 6.31. The van der Waals surface area contributed by atoms with Crippen molar-refractivity contribution in [2.45, 2.75) is 226 Å². The molecule has 66 heavy (non-hydrogen) atoms. The van der Waals surface area contributed by atoms with Gasteiger partial charge in [0.05, 0.1) is 0 Å². The van der Waals surface area contributed by atoms with Crippen molar-refractivity contribution in [3.63, 3.8) is 0 Å². The Balaban J connectivity index is 4.46. The quantitative estimate of drug-likeness (QED) is 0.0262. The number of esters is 3. The van der Waals surface area contributed by atoms with Gasteiger partial charge in [-0.25, -0.2) is 0 Å².